The molecule has 0 radical (unpaired) electrons. The predicted molar refractivity (Wildman–Crippen MR) is 112 cm³/mol. The van der Waals surface area contributed by atoms with E-state index in [1.165, 1.54) is 11.3 Å². The van der Waals surface area contributed by atoms with Gasteiger partial charge in [-0.1, -0.05) is 17.7 Å². The smallest absolute Gasteiger partial charge is 0.268 e. The number of nitrogens with zero attached hydrogens (tertiary/aromatic N) is 2. The van der Waals surface area contributed by atoms with Gasteiger partial charge in [-0.15, -0.1) is 11.3 Å². The van der Waals surface area contributed by atoms with E-state index in [2.05, 4.69) is 6.07 Å². The van der Waals surface area contributed by atoms with Gasteiger partial charge in [0.1, 0.15) is 10.6 Å². The zero-order valence-electron chi connectivity index (χ0n) is 14.9. The number of fused-ring (bicyclic) bond motifs is 2. The van der Waals surface area contributed by atoms with Gasteiger partial charge in [-0.2, -0.15) is 0 Å². The van der Waals surface area contributed by atoms with Crippen molar-refractivity contribution in [2.24, 2.45) is 0 Å². The minimum atomic E-state index is -0.0515. The van der Waals surface area contributed by atoms with Crippen LogP contribution in [0.2, 0.25) is 5.02 Å². The molecule has 0 aliphatic carbocycles. The zero-order chi connectivity index (χ0) is 19.0. The van der Waals surface area contributed by atoms with Crippen molar-refractivity contribution in [1.29, 1.82) is 0 Å². The Morgan fingerprint density at radius 1 is 1.15 bits per heavy atom. The molecule has 4 rings (SSSR count). The van der Waals surface area contributed by atoms with E-state index in [0.29, 0.717) is 16.4 Å². The maximum Gasteiger partial charge on any atom is 0.268 e. The number of carbonyl (C=O) groups is 1. The van der Waals surface area contributed by atoms with E-state index < -0.39 is 0 Å². The van der Waals surface area contributed by atoms with Crippen LogP contribution >= 0.6 is 22.9 Å². The van der Waals surface area contributed by atoms with Crippen LogP contribution in [0, 0.1) is 0 Å². The highest BCUT2D eigenvalue weighted by molar-refractivity contribution is 7.20. The lowest BCUT2D eigenvalue weighted by atomic mass is 10.2. The summed E-state index contributed by atoms with van der Waals surface area (Å²) in [5.41, 5.74) is 1.64. The topological polar surface area (TPSA) is 42.4 Å². The number of carbonyl (C=O) groups excluding carboxylic acids is 1. The van der Waals surface area contributed by atoms with Gasteiger partial charge in [0, 0.05) is 34.1 Å². The molecule has 2 heterocycles. The number of halogens is 1. The molecular weight excluding hydrogens is 380 g/mol. The van der Waals surface area contributed by atoms with E-state index in [1.807, 2.05) is 43.3 Å². The van der Waals surface area contributed by atoms with Crippen molar-refractivity contribution < 1.29 is 9.53 Å². The van der Waals surface area contributed by atoms with Gasteiger partial charge in [-0.25, -0.2) is 4.98 Å². The summed E-state index contributed by atoms with van der Waals surface area (Å²) >= 11 is 7.49. The molecule has 6 heteroatoms. The Balaban J connectivity index is 1.76. The number of benzene rings is 2. The summed E-state index contributed by atoms with van der Waals surface area (Å²) in [5.74, 6) is 0.713. The molecule has 0 spiro atoms. The van der Waals surface area contributed by atoms with Crippen molar-refractivity contribution in [3.63, 3.8) is 0 Å². The van der Waals surface area contributed by atoms with E-state index in [1.54, 1.807) is 24.1 Å². The minimum Gasteiger partial charge on any atom is -0.497 e. The molecule has 0 fully saturated rings. The Bertz CT molecular complexity index is 1160. The number of methoxy groups -OCH3 is 1. The minimum absolute atomic E-state index is 0.0515. The fourth-order valence-corrected chi connectivity index (χ4v) is 4.21. The quantitative estimate of drug-likeness (QED) is 0.439. The van der Waals surface area contributed by atoms with Crippen LogP contribution < -0.4 is 9.64 Å². The first-order valence-corrected chi connectivity index (χ1v) is 9.74. The molecule has 4 nitrogen and oxygen atoms in total. The summed E-state index contributed by atoms with van der Waals surface area (Å²) in [6.45, 7) is 2.50. The van der Waals surface area contributed by atoms with E-state index >= 15 is 0 Å². The highest BCUT2D eigenvalue weighted by atomic mass is 35.5. The third-order valence-corrected chi connectivity index (χ3v) is 5.67. The summed E-state index contributed by atoms with van der Waals surface area (Å²) in [6.07, 6.45) is 0. The Kier molecular flexibility index (Phi) is 4.72. The maximum absolute atomic E-state index is 13.1. The SMILES string of the molecule is CCN(C(=O)c1cc2cc3ccc(OC)cc3nc2s1)c1cccc(Cl)c1. The average molecular weight is 397 g/mol. The number of hydrogen-bond donors (Lipinski definition) is 0. The van der Waals surface area contributed by atoms with E-state index in [9.17, 15) is 4.79 Å². The summed E-state index contributed by atoms with van der Waals surface area (Å²) in [5, 5.41) is 2.59. The lowest BCUT2D eigenvalue weighted by Gasteiger charge is -2.20. The highest BCUT2D eigenvalue weighted by Gasteiger charge is 2.19. The molecule has 0 unspecified atom stereocenters. The third kappa shape index (κ3) is 3.36. The molecule has 0 bridgehead atoms. The van der Waals surface area contributed by atoms with Gasteiger partial charge in [0.25, 0.3) is 5.91 Å². The zero-order valence-corrected chi connectivity index (χ0v) is 16.5. The lowest BCUT2D eigenvalue weighted by Crippen LogP contribution is -2.29. The molecule has 0 N–H and O–H groups in total. The van der Waals surface area contributed by atoms with Gasteiger partial charge in [0.15, 0.2) is 0 Å². The number of ether oxygens (including phenoxy) is 1. The average Bonchev–Trinajstić information content (AvgIpc) is 3.09. The molecule has 4 aromatic rings. The standard InChI is InChI=1S/C21H17ClN2O2S/c1-3-24(16-6-4-5-15(22)11-16)21(25)19-10-14-9-13-7-8-17(26-2)12-18(13)23-20(14)27-19/h4-12H,3H2,1-2H3. The number of thiophene rings is 1. The fraction of sp³-hybridized carbons (Fsp3) is 0.143. The van der Waals surface area contributed by atoms with Gasteiger partial charge < -0.3 is 9.64 Å². The van der Waals surface area contributed by atoms with Crippen molar-refractivity contribution >= 4 is 55.7 Å². The molecule has 1 amide bonds. The van der Waals surface area contributed by atoms with Gasteiger partial charge >= 0.3 is 0 Å². The van der Waals surface area contributed by atoms with Crippen molar-refractivity contribution in [2.75, 3.05) is 18.6 Å². The number of amides is 1. The molecule has 2 aromatic carbocycles. The molecule has 2 aromatic heterocycles. The van der Waals surface area contributed by atoms with Crippen molar-refractivity contribution in [3.05, 3.63) is 64.5 Å². The second-order valence-corrected chi connectivity index (χ2v) is 7.55. The Hall–Kier alpha value is -2.63. The number of rotatable bonds is 4. The molecule has 27 heavy (non-hydrogen) atoms. The first-order chi connectivity index (χ1) is 13.1. The highest BCUT2D eigenvalue weighted by Crippen LogP contribution is 2.31. The number of aromatic nitrogens is 1. The summed E-state index contributed by atoms with van der Waals surface area (Å²) in [7, 11) is 1.64. The Morgan fingerprint density at radius 2 is 2.00 bits per heavy atom. The largest absolute Gasteiger partial charge is 0.497 e. The van der Waals surface area contributed by atoms with Crippen LogP contribution in [0.15, 0.2) is 54.6 Å². The maximum atomic E-state index is 13.1. The van der Waals surface area contributed by atoms with Crippen LogP contribution in [0.1, 0.15) is 16.6 Å². The van der Waals surface area contributed by atoms with Crippen LogP contribution in [-0.4, -0.2) is 24.5 Å². The van der Waals surface area contributed by atoms with Crippen LogP contribution in [0.4, 0.5) is 5.69 Å². The molecular formula is C21H17ClN2O2S. The monoisotopic (exact) mass is 396 g/mol. The molecule has 136 valence electrons. The second-order valence-electron chi connectivity index (χ2n) is 6.08. The van der Waals surface area contributed by atoms with Crippen LogP contribution in [0.25, 0.3) is 21.1 Å². The fourth-order valence-electron chi connectivity index (χ4n) is 3.06. The van der Waals surface area contributed by atoms with Gasteiger partial charge in [-0.05, 0) is 49.4 Å². The molecule has 0 atom stereocenters. The normalized spacial score (nSPS) is 11.1. The number of pyridine rings is 1. The molecule has 0 saturated heterocycles. The van der Waals surface area contributed by atoms with Crippen LogP contribution in [0.3, 0.4) is 0 Å². The van der Waals surface area contributed by atoms with Crippen molar-refractivity contribution in [2.45, 2.75) is 6.92 Å². The van der Waals surface area contributed by atoms with E-state index in [-0.39, 0.29) is 5.91 Å². The lowest BCUT2D eigenvalue weighted by molar-refractivity contribution is 0.0992. The first kappa shape index (κ1) is 17.8. The van der Waals surface area contributed by atoms with Gasteiger partial charge in [0.05, 0.1) is 17.5 Å². The van der Waals surface area contributed by atoms with Crippen molar-refractivity contribution in [3.8, 4) is 5.75 Å². The summed E-state index contributed by atoms with van der Waals surface area (Å²) < 4.78 is 5.27. The molecule has 0 saturated carbocycles. The Morgan fingerprint density at radius 3 is 2.74 bits per heavy atom. The van der Waals surface area contributed by atoms with Crippen LogP contribution in [-0.2, 0) is 0 Å². The van der Waals surface area contributed by atoms with Crippen LogP contribution in [0.5, 0.6) is 5.75 Å². The predicted octanol–water partition coefficient (Wildman–Crippen LogP) is 5.78. The van der Waals surface area contributed by atoms with E-state index in [4.69, 9.17) is 21.3 Å². The van der Waals surface area contributed by atoms with Crippen molar-refractivity contribution in [1.82, 2.24) is 4.98 Å². The Labute approximate surface area is 166 Å². The number of hydrogen-bond acceptors (Lipinski definition) is 4. The summed E-state index contributed by atoms with van der Waals surface area (Å²) in [6, 6.07) is 17.1. The first-order valence-electron chi connectivity index (χ1n) is 8.55. The van der Waals surface area contributed by atoms with Gasteiger partial charge in [-0.3, -0.25) is 4.79 Å². The summed E-state index contributed by atoms with van der Waals surface area (Å²) in [4.78, 5) is 21.0. The third-order valence-electron chi connectivity index (χ3n) is 4.40. The van der Waals surface area contributed by atoms with E-state index in [0.717, 1.165) is 32.6 Å². The molecule has 0 aliphatic heterocycles. The second kappa shape index (κ2) is 7.18. The molecule has 0 aliphatic rings. The number of anilines is 1. The van der Waals surface area contributed by atoms with Gasteiger partial charge in [0.2, 0.25) is 0 Å².